The van der Waals surface area contributed by atoms with E-state index in [9.17, 15) is 13.2 Å². The number of fused-ring (bicyclic) bond motifs is 1. The van der Waals surface area contributed by atoms with Gasteiger partial charge in [-0.15, -0.1) is 0 Å². The number of pyridine rings is 1. The third-order valence-electron chi connectivity index (χ3n) is 7.54. The van der Waals surface area contributed by atoms with Gasteiger partial charge in [0.25, 0.3) is 0 Å². The molecule has 12 heteroatoms. The smallest absolute Gasteiger partial charge is 0.367 e. The molecule has 0 saturated carbocycles. The van der Waals surface area contributed by atoms with Crippen LogP contribution >= 0.6 is 0 Å². The molecule has 1 unspecified atom stereocenters. The van der Waals surface area contributed by atoms with E-state index in [1.807, 2.05) is 19.2 Å². The van der Waals surface area contributed by atoms with E-state index in [1.165, 1.54) is 0 Å². The minimum Gasteiger partial charge on any atom is -0.367 e. The Hall–Kier alpha value is -3.41. The molecule has 2 saturated heterocycles. The van der Waals surface area contributed by atoms with Crippen LogP contribution in [0.5, 0.6) is 0 Å². The van der Waals surface area contributed by atoms with Crippen LogP contribution in [0.25, 0.3) is 33.8 Å². The number of hydrogen-bond donors (Lipinski definition) is 0. The SMILES string of the molecule is C[C@@H]1CCCCN1c1cc(-c2ccnn2C)nc2c(-c3ccnn3C3CCCCO3)nn(CC(F)(F)F)c12. The first-order valence-corrected chi connectivity index (χ1v) is 13.2. The van der Waals surface area contributed by atoms with Crippen LogP contribution in [0.15, 0.2) is 30.6 Å². The topological polar surface area (TPSA) is 78.8 Å². The van der Waals surface area contributed by atoms with E-state index in [1.54, 1.807) is 27.8 Å². The predicted octanol–water partition coefficient (Wildman–Crippen LogP) is 5.34. The molecule has 2 aliphatic heterocycles. The summed E-state index contributed by atoms with van der Waals surface area (Å²) in [6.07, 6.45) is 4.37. The number of rotatable bonds is 5. The lowest BCUT2D eigenvalue weighted by Gasteiger charge is -2.36. The lowest BCUT2D eigenvalue weighted by atomic mass is 10.0. The molecule has 2 fully saturated rings. The van der Waals surface area contributed by atoms with Gasteiger partial charge in [0.05, 0.1) is 22.8 Å². The van der Waals surface area contributed by atoms with Gasteiger partial charge in [0, 0.05) is 38.6 Å². The highest BCUT2D eigenvalue weighted by atomic mass is 19.4. The largest absolute Gasteiger partial charge is 0.408 e. The fourth-order valence-corrected chi connectivity index (χ4v) is 5.70. The molecule has 6 heterocycles. The van der Waals surface area contributed by atoms with Crippen molar-refractivity contribution in [1.82, 2.24) is 34.3 Å². The van der Waals surface area contributed by atoms with E-state index in [0.717, 1.165) is 55.4 Å². The van der Waals surface area contributed by atoms with Crippen LogP contribution < -0.4 is 4.90 Å². The second kappa shape index (κ2) is 9.72. The predicted molar refractivity (Wildman–Crippen MR) is 137 cm³/mol. The highest BCUT2D eigenvalue weighted by Gasteiger charge is 2.34. The van der Waals surface area contributed by atoms with Crippen molar-refractivity contribution in [2.45, 2.75) is 70.4 Å². The summed E-state index contributed by atoms with van der Waals surface area (Å²) in [6.45, 7) is 2.29. The average molecular weight is 529 g/mol. The second-order valence-electron chi connectivity index (χ2n) is 10.2. The first kappa shape index (κ1) is 24.9. The van der Waals surface area contributed by atoms with Crippen molar-refractivity contribution in [3.8, 4) is 22.8 Å². The molecule has 2 atom stereocenters. The van der Waals surface area contributed by atoms with Gasteiger partial charge in [-0.3, -0.25) is 9.36 Å². The van der Waals surface area contributed by atoms with Gasteiger partial charge in [-0.2, -0.15) is 28.5 Å². The zero-order valence-corrected chi connectivity index (χ0v) is 21.5. The van der Waals surface area contributed by atoms with Gasteiger partial charge < -0.3 is 9.64 Å². The van der Waals surface area contributed by atoms with E-state index >= 15 is 0 Å². The Morgan fingerprint density at radius 2 is 1.82 bits per heavy atom. The summed E-state index contributed by atoms with van der Waals surface area (Å²) in [5.41, 5.74) is 3.88. The Bertz CT molecular complexity index is 1430. The number of hydrogen-bond acceptors (Lipinski definition) is 6. The van der Waals surface area contributed by atoms with Crippen LogP contribution in [-0.2, 0) is 18.3 Å². The Kier molecular flexibility index (Phi) is 6.37. The van der Waals surface area contributed by atoms with Gasteiger partial charge in [0.2, 0.25) is 0 Å². The lowest BCUT2D eigenvalue weighted by Crippen LogP contribution is -2.38. The van der Waals surface area contributed by atoms with Crippen molar-refractivity contribution in [2.75, 3.05) is 18.1 Å². The van der Waals surface area contributed by atoms with Crippen LogP contribution in [0.2, 0.25) is 0 Å². The number of alkyl halides is 3. The summed E-state index contributed by atoms with van der Waals surface area (Å²) < 4.78 is 52.0. The van der Waals surface area contributed by atoms with Crippen molar-refractivity contribution in [3.63, 3.8) is 0 Å². The molecule has 4 aromatic heterocycles. The zero-order chi connectivity index (χ0) is 26.4. The Morgan fingerprint density at radius 1 is 1.03 bits per heavy atom. The van der Waals surface area contributed by atoms with Gasteiger partial charge in [0.1, 0.15) is 23.3 Å². The van der Waals surface area contributed by atoms with Crippen molar-refractivity contribution in [1.29, 1.82) is 0 Å². The first-order valence-electron chi connectivity index (χ1n) is 13.2. The molecule has 9 nitrogen and oxygen atoms in total. The molecule has 38 heavy (non-hydrogen) atoms. The quantitative estimate of drug-likeness (QED) is 0.348. The number of piperidine rings is 1. The number of ether oxygens (including phenoxy) is 1. The molecule has 0 spiro atoms. The molecule has 0 N–H and O–H groups in total. The van der Waals surface area contributed by atoms with E-state index in [2.05, 4.69) is 27.1 Å². The molecular weight excluding hydrogens is 497 g/mol. The Labute approximate surface area is 218 Å². The van der Waals surface area contributed by atoms with Crippen molar-refractivity contribution < 1.29 is 17.9 Å². The summed E-state index contributed by atoms with van der Waals surface area (Å²) in [4.78, 5) is 7.13. The highest BCUT2D eigenvalue weighted by Crippen LogP contribution is 2.40. The molecule has 6 rings (SSSR count). The molecule has 0 bridgehead atoms. The summed E-state index contributed by atoms with van der Waals surface area (Å²) >= 11 is 0. The lowest BCUT2D eigenvalue weighted by molar-refractivity contribution is -0.141. The normalized spacial score (nSPS) is 20.9. The van der Waals surface area contributed by atoms with Crippen LogP contribution in [0.4, 0.5) is 18.9 Å². The molecule has 202 valence electrons. The molecule has 0 aliphatic carbocycles. The Balaban J connectivity index is 1.62. The van der Waals surface area contributed by atoms with Crippen molar-refractivity contribution in [3.05, 3.63) is 30.6 Å². The third kappa shape index (κ3) is 4.55. The number of aromatic nitrogens is 7. The van der Waals surface area contributed by atoms with Gasteiger partial charge >= 0.3 is 6.18 Å². The maximum atomic E-state index is 13.9. The number of aryl methyl sites for hydroxylation is 1. The maximum Gasteiger partial charge on any atom is 0.408 e. The summed E-state index contributed by atoms with van der Waals surface area (Å²) in [5.74, 6) is 0. The monoisotopic (exact) mass is 528 g/mol. The summed E-state index contributed by atoms with van der Waals surface area (Å²) in [6, 6.07) is 5.70. The summed E-state index contributed by atoms with van der Waals surface area (Å²) in [5, 5.41) is 13.3. The second-order valence-corrected chi connectivity index (χ2v) is 10.2. The highest BCUT2D eigenvalue weighted by molar-refractivity contribution is 5.99. The number of anilines is 1. The van der Waals surface area contributed by atoms with E-state index in [4.69, 9.17) is 9.72 Å². The zero-order valence-electron chi connectivity index (χ0n) is 21.5. The van der Waals surface area contributed by atoms with Gasteiger partial charge in [-0.05, 0) is 63.6 Å². The minimum atomic E-state index is -4.45. The van der Waals surface area contributed by atoms with Crippen LogP contribution in [-0.4, -0.2) is 59.7 Å². The summed E-state index contributed by atoms with van der Waals surface area (Å²) in [7, 11) is 1.83. The molecule has 0 aromatic carbocycles. The van der Waals surface area contributed by atoms with Crippen molar-refractivity contribution in [2.24, 2.45) is 7.05 Å². The van der Waals surface area contributed by atoms with E-state index in [0.29, 0.717) is 40.4 Å². The van der Waals surface area contributed by atoms with Crippen LogP contribution in [0.3, 0.4) is 0 Å². The fraction of sp³-hybridized carbons (Fsp3) is 0.538. The maximum absolute atomic E-state index is 13.9. The number of nitrogens with zero attached hydrogens (tertiary/aromatic N) is 8. The average Bonchev–Trinajstić information content (AvgIpc) is 3.62. The standard InChI is InChI=1S/C26H31F3N8O/c1-17-7-3-5-13-35(17)21-15-18(19-9-11-30-34(19)2)32-24-23(33-36(25(21)24)16-26(27,28)29)20-10-12-31-37(20)22-8-4-6-14-38-22/h9-12,15,17,22H,3-8,13-14,16H2,1-2H3/t17-,22?/m1/s1. The molecule has 0 amide bonds. The van der Waals surface area contributed by atoms with Crippen LogP contribution in [0.1, 0.15) is 51.7 Å². The third-order valence-corrected chi connectivity index (χ3v) is 7.54. The van der Waals surface area contributed by atoms with Gasteiger partial charge in [0.15, 0.2) is 6.23 Å². The minimum absolute atomic E-state index is 0.174. The number of halogens is 3. The van der Waals surface area contributed by atoms with Gasteiger partial charge in [-0.1, -0.05) is 0 Å². The van der Waals surface area contributed by atoms with Crippen LogP contribution in [0, 0.1) is 0 Å². The van der Waals surface area contributed by atoms with Crippen molar-refractivity contribution >= 4 is 16.7 Å². The first-order chi connectivity index (χ1) is 18.3. The van der Waals surface area contributed by atoms with E-state index < -0.39 is 12.7 Å². The fourth-order valence-electron chi connectivity index (χ4n) is 5.70. The molecule has 0 radical (unpaired) electrons. The van der Waals surface area contributed by atoms with E-state index in [-0.39, 0.29) is 12.3 Å². The molecule has 4 aromatic rings. The Morgan fingerprint density at radius 3 is 2.53 bits per heavy atom. The molecule has 2 aliphatic rings. The van der Waals surface area contributed by atoms with Gasteiger partial charge in [-0.25, -0.2) is 9.67 Å². The molecular formula is C26H31F3N8O.